The largest absolute Gasteiger partial charge is 0.374 e. The van der Waals surface area contributed by atoms with Gasteiger partial charge in [-0.05, 0) is 12.8 Å². The molecule has 0 aliphatic heterocycles. The molecule has 0 amide bonds. The Hall–Kier alpha value is -0.370. The molecule has 0 aliphatic carbocycles. The zero-order valence-corrected chi connectivity index (χ0v) is 7.02. The van der Waals surface area contributed by atoms with Crippen LogP contribution in [-0.2, 0) is 9.53 Å². The van der Waals surface area contributed by atoms with Gasteiger partial charge in [-0.3, -0.25) is 4.79 Å². The van der Waals surface area contributed by atoms with Gasteiger partial charge in [0.1, 0.15) is 6.61 Å². The Morgan fingerprint density at radius 2 is 2.10 bits per heavy atom. The molecule has 2 nitrogen and oxygen atoms in total. The predicted octanol–water partition coefficient (Wildman–Crippen LogP) is 1.64. The van der Waals surface area contributed by atoms with Crippen molar-refractivity contribution in [3.63, 3.8) is 0 Å². The number of Topliss-reactive ketones (excluding diaryl/α,β-unsaturated/α-hetero) is 1. The third-order valence-electron chi connectivity index (χ3n) is 1.10. The molecule has 0 rings (SSSR count). The van der Waals surface area contributed by atoms with Gasteiger partial charge < -0.3 is 4.74 Å². The van der Waals surface area contributed by atoms with Crippen LogP contribution in [0.2, 0.25) is 0 Å². The average molecular weight is 144 g/mol. The highest BCUT2D eigenvalue weighted by Gasteiger charge is 2.03. The summed E-state index contributed by atoms with van der Waals surface area (Å²) < 4.78 is 4.95. The third kappa shape index (κ3) is 5.76. The van der Waals surface area contributed by atoms with Crippen molar-refractivity contribution >= 4 is 5.78 Å². The highest BCUT2D eigenvalue weighted by atomic mass is 16.5. The molecule has 0 N–H and O–H groups in total. The molecular formula is C8H16O2. The van der Waals surface area contributed by atoms with E-state index in [0.29, 0.717) is 18.9 Å². The van der Waals surface area contributed by atoms with E-state index in [9.17, 15) is 4.79 Å². The molecule has 0 saturated carbocycles. The second kappa shape index (κ2) is 5.42. The lowest BCUT2D eigenvalue weighted by molar-refractivity contribution is -0.124. The summed E-state index contributed by atoms with van der Waals surface area (Å²) in [7, 11) is 0. The average Bonchev–Trinajstić information content (AvgIpc) is 1.82. The Bertz CT molecular complexity index is 97.4. The van der Waals surface area contributed by atoms with Crippen molar-refractivity contribution in [3.05, 3.63) is 0 Å². The van der Waals surface area contributed by atoms with Crippen LogP contribution in [0.15, 0.2) is 0 Å². The van der Waals surface area contributed by atoms with E-state index >= 15 is 0 Å². The maximum atomic E-state index is 10.9. The van der Waals surface area contributed by atoms with Gasteiger partial charge in [0.25, 0.3) is 0 Å². The minimum atomic E-state index is 0.205. The van der Waals surface area contributed by atoms with Crippen LogP contribution in [0.25, 0.3) is 0 Å². The molecular weight excluding hydrogens is 128 g/mol. The van der Waals surface area contributed by atoms with Crippen LogP contribution in [0.1, 0.15) is 27.2 Å². The first-order chi connectivity index (χ1) is 4.66. The van der Waals surface area contributed by atoms with Gasteiger partial charge in [0, 0.05) is 13.0 Å². The first kappa shape index (κ1) is 9.63. The smallest absolute Gasteiger partial charge is 0.158 e. The Morgan fingerprint density at radius 1 is 1.50 bits per heavy atom. The fourth-order valence-corrected chi connectivity index (χ4v) is 0.730. The molecule has 0 bridgehead atoms. The van der Waals surface area contributed by atoms with Crippen molar-refractivity contribution in [2.75, 3.05) is 13.2 Å². The van der Waals surface area contributed by atoms with E-state index in [-0.39, 0.29) is 12.4 Å². The maximum absolute atomic E-state index is 10.9. The van der Waals surface area contributed by atoms with Crippen molar-refractivity contribution < 1.29 is 9.53 Å². The third-order valence-corrected chi connectivity index (χ3v) is 1.10. The lowest BCUT2D eigenvalue weighted by atomic mass is 10.1. The molecule has 0 unspecified atom stereocenters. The highest BCUT2D eigenvalue weighted by Crippen LogP contribution is 1.99. The number of ketones is 1. The quantitative estimate of drug-likeness (QED) is 0.586. The van der Waals surface area contributed by atoms with Crippen molar-refractivity contribution in [2.24, 2.45) is 5.92 Å². The lowest BCUT2D eigenvalue weighted by Gasteiger charge is -2.02. The van der Waals surface area contributed by atoms with Crippen LogP contribution in [0, 0.1) is 5.92 Å². The van der Waals surface area contributed by atoms with Crippen LogP contribution in [0.5, 0.6) is 0 Å². The number of hydrogen-bond donors (Lipinski definition) is 0. The molecule has 0 radical (unpaired) electrons. The molecule has 0 saturated heterocycles. The maximum Gasteiger partial charge on any atom is 0.158 e. The van der Waals surface area contributed by atoms with Crippen LogP contribution in [0.3, 0.4) is 0 Å². The normalized spacial score (nSPS) is 10.4. The van der Waals surface area contributed by atoms with E-state index in [1.807, 2.05) is 20.8 Å². The molecule has 60 valence electrons. The summed E-state index contributed by atoms with van der Waals surface area (Å²) in [5.74, 6) is 0.657. The van der Waals surface area contributed by atoms with E-state index in [2.05, 4.69) is 0 Å². The minimum absolute atomic E-state index is 0.205. The molecule has 0 aliphatic rings. The van der Waals surface area contributed by atoms with Crippen molar-refractivity contribution in [1.29, 1.82) is 0 Å². The van der Waals surface area contributed by atoms with E-state index in [1.165, 1.54) is 0 Å². The van der Waals surface area contributed by atoms with Crippen molar-refractivity contribution in [2.45, 2.75) is 27.2 Å². The first-order valence-corrected chi connectivity index (χ1v) is 3.76. The van der Waals surface area contributed by atoms with Gasteiger partial charge in [0.15, 0.2) is 5.78 Å². The zero-order valence-electron chi connectivity index (χ0n) is 7.02. The molecule has 10 heavy (non-hydrogen) atoms. The molecule has 0 aromatic heterocycles. The molecule has 0 heterocycles. The van der Waals surface area contributed by atoms with Gasteiger partial charge in [-0.2, -0.15) is 0 Å². The summed E-state index contributed by atoms with van der Waals surface area (Å²) in [5.41, 5.74) is 0. The number of carbonyl (C=O) groups is 1. The lowest BCUT2D eigenvalue weighted by Crippen LogP contribution is -2.10. The monoisotopic (exact) mass is 144 g/mol. The van der Waals surface area contributed by atoms with E-state index in [1.54, 1.807) is 0 Å². The number of carbonyl (C=O) groups excluding carboxylic acids is 1. The van der Waals surface area contributed by atoms with E-state index in [0.717, 1.165) is 0 Å². The van der Waals surface area contributed by atoms with Gasteiger partial charge in [-0.25, -0.2) is 0 Å². The van der Waals surface area contributed by atoms with Gasteiger partial charge >= 0.3 is 0 Å². The molecule has 0 atom stereocenters. The Balaban J connectivity index is 3.26. The van der Waals surface area contributed by atoms with Crippen LogP contribution < -0.4 is 0 Å². The Morgan fingerprint density at radius 3 is 2.50 bits per heavy atom. The molecule has 0 aromatic carbocycles. The number of ether oxygens (including phenoxy) is 1. The van der Waals surface area contributed by atoms with Gasteiger partial charge in [0.05, 0.1) is 0 Å². The number of rotatable bonds is 5. The van der Waals surface area contributed by atoms with Gasteiger partial charge in [0.2, 0.25) is 0 Å². The molecule has 0 spiro atoms. The summed E-state index contributed by atoms with van der Waals surface area (Å²) in [6.45, 7) is 6.87. The zero-order chi connectivity index (χ0) is 7.98. The second-order valence-corrected chi connectivity index (χ2v) is 2.77. The van der Waals surface area contributed by atoms with E-state index in [4.69, 9.17) is 4.74 Å². The van der Waals surface area contributed by atoms with E-state index < -0.39 is 0 Å². The topological polar surface area (TPSA) is 26.3 Å². The van der Waals surface area contributed by atoms with Crippen LogP contribution in [-0.4, -0.2) is 19.0 Å². The van der Waals surface area contributed by atoms with Crippen LogP contribution >= 0.6 is 0 Å². The molecule has 0 aromatic rings. The predicted molar refractivity (Wildman–Crippen MR) is 41.0 cm³/mol. The van der Waals surface area contributed by atoms with Crippen molar-refractivity contribution in [3.8, 4) is 0 Å². The summed E-state index contributed by atoms with van der Waals surface area (Å²) in [4.78, 5) is 10.9. The van der Waals surface area contributed by atoms with Gasteiger partial charge in [-0.15, -0.1) is 0 Å². The number of hydrogen-bond acceptors (Lipinski definition) is 2. The first-order valence-electron chi connectivity index (χ1n) is 3.76. The Labute approximate surface area is 62.6 Å². The highest BCUT2D eigenvalue weighted by molar-refractivity contribution is 5.79. The summed E-state index contributed by atoms with van der Waals surface area (Å²) >= 11 is 0. The second-order valence-electron chi connectivity index (χ2n) is 2.77. The van der Waals surface area contributed by atoms with Crippen LogP contribution in [0.4, 0.5) is 0 Å². The summed E-state index contributed by atoms with van der Waals surface area (Å²) in [6.07, 6.45) is 0.639. The molecule has 0 fully saturated rings. The fraction of sp³-hybridized carbons (Fsp3) is 0.875. The summed E-state index contributed by atoms with van der Waals surface area (Å²) in [5, 5.41) is 0. The minimum Gasteiger partial charge on any atom is -0.374 e. The standard InChI is InChI=1S/C8H16O2/c1-4-10-6-8(9)5-7(2)3/h7H,4-6H2,1-3H3. The van der Waals surface area contributed by atoms with Crippen molar-refractivity contribution in [1.82, 2.24) is 0 Å². The molecule has 2 heteroatoms. The Kier molecular flexibility index (Phi) is 5.22. The SMILES string of the molecule is CCOCC(=O)CC(C)C. The van der Waals surface area contributed by atoms with Gasteiger partial charge in [-0.1, -0.05) is 13.8 Å². The summed E-state index contributed by atoms with van der Waals surface area (Å²) in [6, 6.07) is 0. The fourth-order valence-electron chi connectivity index (χ4n) is 0.730.